The van der Waals surface area contributed by atoms with E-state index in [4.69, 9.17) is 14.2 Å². The van der Waals surface area contributed by atoms with Crippen LogP contribution in [0.25, 0.3) is 0 Å². The molecule has 1 aliphatic heterocycles. The first-order chi connectivity index (χ1) is 12.6. The Morgan fingerprint density at radius 3 is 2.36 bits per heavy atom. The number of carbonyl (C=O) groups excluding carboxylic acids is 1. The third-order valence-electron chi connectivity index (χ3n) is 4.14. The highest BCUT2D eigenvalue weighted by atomic mass is 16.7. The van der Waals surface area contributed by atoms with Gasteiger partial charge >= 0.3 is 6.09 Å². The number of carbonyl (C=O) groups is 1. The van der Waals surface area contributed by atoms with Crippen LogP contribution in [0.3, 0.4) is 0 Å². The van der Waals surface area contributed by atoms with Crippen LogP contribution in [-0.4, -0.2) is 52.3 Å². The van der Waals surface area contributed by atoms with Crippen molar-refractivity contribution in [2.45, 2.75) is 85.3 Å². The van der Waals surface area contributed by atoms with Gasteiger partial charge in [-0.3, -0.25) is 0 Å². The second kappa shape index (κ2) is 8.70. The van der Waals surface area contributed by atoms with Crippen molar-refractivity contribution in [1.29, 1.82) is 0 Å². The van der Waals surface area contributed by atoms with Crippen LogP contribution in [0.5, 0.6) is 0 Å². The van der Waals surface area contributed by atoms with E-state index in [9.17, 15) is 9.90 Å². The van der Waals surface area contributed by atoms with Crippen molar-refractivity contribution in [3.05, 3.63) is 35.6 Å². The minimum absolute atomic E-state index is 0.116. The first-order valence-corrected chi connectivity index (χ1v) is 9.61. The summed E-state index contributed by atoms with van der Waals surface area (Å²) in [6, 6.07) is 0. The lowest BCUT2D eigenvalue weighted by Gasteiger charge is -2.38. The van der Waals surface area contributed by atoms with E-state index >= 15 is 0 Å². The van der Waals surface area contributed by atoms with Gasteiger partial charge in [0.15, 0.2) is 0 Å². The van der Waals surface area contributed by atoms with Crippen molar-refractivity contribution >= 4 is 6.09 Å². The maximum Gasteiger partial charge on any atom is 0.410 e. The summed E-state index contributed by atoms with van der Waals surface area (Å²) >= 11 is 0. The Morgan fingerprint density at radius 2 is 1.89 bits per heavy atom. The van der Waals surface area contributed by atoms with E-state index in [0.717, 1.165) is 5.57 Å². The minimum Gasteiger partial charge on any atom is -0.463 e. The normalized spacial score (nSPS) is 19.0. The van der Waals surface area contributed by atoms with Crippen molar-refractivity contribution in [1.82, 2.24) is 4.90 Å². The van der Waals surface area contributed by atoms with Crippen molar-refractivity contribution in [2.24, 2.45) is 0 Å². The molecule has 28 heavy (non-hydrogen) atoms. The van der Waals surface area contributed by atoms with E-state index in [1.165, 1.54) is 0 Å². The fraction of sp³-hybridized carbons (Fsp3) is 0.682. The molecular weight excluding hydrogens is 358 g/mol. The van der Waals surface area contributed by atoms with Gasteiger partial charge in [0.05, 0.1) is 19.3 Å². The van der Waals surface area contributed by atoms with Crippen LogP contribution in [0.4, 0.5) is 4.79 Å². The number of allylic oxidation sites excluding steroid dienone is 1. The molecule has 1 atom stereocenters. The molecule has 1 aliphatic rings. The molecule has 1 rings (SSSR count). The highest BCUT2D eigenvalue weighted by Gasteiger charge is 2.33. The highest BCUT2D eigenvalue weighted by molar-refractivity contribution is 5.69. The predicted octanol–water partition coefficient (Wildman–Crippen LogP) is 4.55. The predicted molar refractivity (Wildman–Crippen MR) is 111 cm³/mol. The van der Waals surface area contributed by atoms with Crippen molar-refractivity contribution < 1.29 is 24.1 Å². The van der Waals surface area contributed by atoms with Gasteiger partial charge in [0.25, 0.3) is 0 Å². The topological polar surface area (TPSA) is 68.2 Å². The summed E-state index contributed by atoms with van der Waals surface area (Å²) in [5, 5.41) is 10.7. The summed E-state index contributed by atoms with van der Waals surface area (Å²) in [5.74, 6) is -0.0877. The van der Waals surface area contributed by atoms with Crippen LogP contribution in [0.2, 0.25) is 0 Å². The van der Waals surface area contributed by atoms with Crippen LogP contribution in [0.15, 0.2) is 35.6 Å². The largest absolute Gasteiger partial charge is 0.463 e. The van der Waals surface area contributed by atoms with Gasteiger partial charge in [-0.05, 0) is 60.1 Å². The number of aliphatic hydroxyl groups excluding tert-OH is 1. The van der Waals surface area contributed by atoms with Gasteiger partial charge in [0.2, 0.25) is 5.79 Å². The zero-order valence-electron chi connectivity index (χ0n) is 18.9. The number of aliphatic hydroxyl groups is 1. The van der Waals surface area contributed by atoms with E-state index in [1.807, 2.05) is 68.4 Å². The molecule has 0 radical (unpaired) electrons. The maximum atomic E-state index is 12.6. The van der Waals surface area contributed by atoms with Gasteiger partial charge in [-0.25, -0.2) is 4.79 Å². The second-order valence-corrected chi connectivity index (χ2v) is 9.55. The van der Waals surface area contributed by atoms with Gasteiger partial charge in [-0.2, -0.15) is 0 Å². The van der Waals surface area contributed by atoms with Gasteiger partial charge < -0.3 is 24.2 Å². The van der Waals surface area contributed by atoms with E-state index < -0.39 is 29.1 Å². The fourth-order valence-corrected chi connectivity index (χ4v) is 2.60. The molecule has 1 amide bonds. The van der Waals surface area contributed by atoms with E-state index in [2.05, 4.69) is 6.58 Å². The van der Waals surface area contributed by atoms with Gasteiger partial charge in [-0.1, -0.05) is 12.7 Å². The van der Waals surface area contributed by atoms with Crippen molar-refractivity contribution in [3.8, 4) is 0 Å². The number of rotatable bonds is 5. The van der Waals surface area contributed by atoms with Crippen LogP contribution in [-0.2, 0) is 14.2 Å². The number of β-amino-alcohol motifs (C(OH)–C–C–N with tert-alkyl or cyclic N) is 1. The lowest BCUT2D eigenvalue weighted by atomic mass is 10.0. The van der Waals surface area contributed by atoms with Crippen LogP contribution in [0.1, 0.15) is 62.3 Å². The summed E-state index contributed by atoms with van der Waals surface area (Å²) < 4.78 is 17.0. The zero-order valence-corrected chi connectivity index (χ0v) is 18.9. The third-order valence-corrected chi connectivity index (χ3v) is 4.14. The van der Waals surface area contributed by atoms with Crippen LogP contribution >= 0.6 is 0 Å². The van der Waals surface area contributed by atoms with Crippen molar-refractivity contribution in [3.63, 3.8) is 0 Å². The minimum atomic E-state index is -0.861. The smallest absolute Gasteiger partial charge is 0.410 e. The molecule has 0 bridgehead atoms. The highest BCUT2D eigenvalue weighted by Crippen LogP contribution is 2.28. The Balaban J connectivity index is 3.03. The molecule has 6 nitrogen and oxygen atoms in total. The molecule has 0 spiro atoms. The van der Waals surface area contributed by atoms with E-state index in [-0.39, 0.29) is 6.54 Å². The SMILES string of the molecule is C=CC1=C(/C=C(\C)C(O)CN(C(=O)OC(C)(C)C)C(C)(C)C)COC(C)(C)O1. The Kier molecular flexibility index (Phi) is 7.53. The van der Waals surface area contributed by atoms with E-state index in [1.54, 1.807) is 11.0 Å². The van der Waals surface area contributed by atoms with Crippen LogP contribution < -0.4 is 0 Å². The molecule has 1 unspecified atom stereocenters. The molecule has 0 aromatic rings. The van der Waals surface area contributed by atoms with Crippen molar-refractivity contribution in [2.75, 3.05) is 13.2 Å². The lowest BCUT2D eigenvalue weighted by Crippen LogP contribution is -2.51. The van der Waals surface area contributed by atoms with Gasteiger partial charge in [-0.15, -0.1) is 0 Å². The average Bonchev–Trinajstić information content (AvgIpc) is 2.50. The first-order valence-electron chi connectivity index (χ1n) is 9.61. The summed E-state index contributed by atoms with van der Waals surface area (Å²) in [5.41, 5.74) is 0.379. The Hall–Kier alpha value is -1.79. The summed E-state index contributed by atoms with van der Waals surface area (Å²) in [4.78, 5) is 14.2. The number of hydrogen-bond acceptors (Lipinski definition) is 5. The molecule has 6 heteroatoms. The molecule has 0 aliphatic carbocycles. The molecule has 0 saturated carbocycles. The number of nitrogens with zero attached hydrogens (tertiary/aromatic N) is 1. The fourth-order valence-electron chi connectivity index (χ4n) is 2.60. The Labute approximate surface area is 169 Å². The maximum absolute atomic E-state index is 12.6. The molecule has 160 valence electrons. The molecule has 1 heterocycles. The third kappa shape index (κ3) is 7.32. The Morgan fingerprint density at radius 1 is 1.32 bits per heavy atom. The quantitative estimate of drug-likeness (QED) is 0.739. The van der Waals surface area contributed by atoms with E-state index in [0.29, 0.717) is 17.9 Å². The summed E-state index contributed by atoms with van der Waals surface area (Å²) in [7, 11) is 0. The molecule has 0 fully saturated rings. The number of ether oxygens (including phenoxy) is 3. The van der Waals surface area contributed by atoms with Gasteiger partial charge in [0.1, 0.15) is 11.4 Å². The second-order valence-electron chi connectivity index (χ2n) is 9.55. The summed E-state index contributed by atoms with van der Waals surface area (Å²) in [6.45, 7) is 20.9. The lowest BCUT2D eigenvalue weighted by molar-refractivity contribution is -0.195. The first kappa shape index (κ1) is 24.2. The molecule has 1 N–H and O–H groups in total. The molecule has 0 aromatic carbocycles. The monoisotopic (exact) mass is 395 g/mol. The molecule has 0 saturated heterocycles. The Bertz CT molecular complexity index is 647. The standard InChI is InChI=1S/C22H37NO5/c1-11-18-16(14-26-22(9,10)27-18)12-15(2)17(24)13-23(20(3,4)5)19(25)28-21(6,7)8/h11-12,17,24H,1,13-14H2,2-10H3/b15-12+. The summed E-state index contributed by atoms with van der Waals surface area (Å²) in [6.07, 6.45) is 2.15. The molecule has 0 aromatic heterocycles. The number of hydrogen-bond donors (Lipinski definition) is 1. The number of amides is 1. The zero-order chi connectivity index (χ0) is 21.9. The molecular formula is C22H37NO5. The average molecular weight is 396 g/mol. The van der Waals surface area contributed by atoms with Gasteiger partial charge in [0, 0.05) is 25.0 Å². The van der Waals surface area contributed by atoms with Crippen LogP contribution in [0, 0.1) is 0 Å².